The fourth-order valence-electron chi connectivity index (χ4n) is 2.01. The molecule has 0 aliphatic heterocycles. The fourth-order valence-corrected chi connectivity index (χ4v) is 2.27. The molecule has 0 amide bonds. The van der Waals surface area contributed by atoms with Gasteiger partial charge in [0.2, 0.25) is 0 Å². The number of aryl methyl sites for hydroxylation is 2. The van der Waals surface area contributed by atoms with Gasteiger partial charge in [-0.05, 0) is 31.0 Å². The van der Waals surface area contributed by atoms with E-state index in [4.69, 9.17) is 18.0 Å². The Kier molecular flexibility index (Phi) is 4.12. The van der Waals surface area contributed by atoms with Crippen LogP contribution in [0.3, 0.4) is 0 Å². The van der Waals surface area contributed by atoms with Gasteiger partial charge in [0.05, 0.1) is 5.56 Å². The van der Waals surface area contributed by atoms with Crippen molar-refractivity contribution in [3.8, 4) is 0 Å². The smallest absolute Gasteiger partial charge is 0.136 e. The van der Waals surface area contributed by atoms with Crippen molar-refractivity contribution >= 4 is 23.0 Å². The molecule has 0 spiro atoms. The summed E-state index contributed by atoms with van der Waals surface area (Å²) in [4.78, 5) is 4.69. The molecule has 1 heterocycles. The van der Waals surface area contributed by atoms with E-state index in [-0.39, 0.29) is 0 Å². The number of hydrogen-bond acceptors (Lipinski definition) is 3. The van der Waals surface area contributed by atoms with Crippen molar-refractivity contribution in [1.82, 2.24) is 4.98 Å². The van der Waals surface area contributed by atoms with Crippen LogP contribution in [0, 0.1) is 13.8 Å². The van der Waals surface area contributed by atoms with Gasteiger partial charge in [-0.3, -0.25) is 0 Å². The molecule has 0 atom stereocenters. The van der Waals surface area contributed by atoms with E-state index in [1.54, 1.807) is 6.20 Å². The molecule has 1 aromatic heterocycles. The van der Waals surface area contributed by atoms with Gasteiger partial charge >= 0.3 is 0 Å². The summed E-state index contributed by atoms with van der Waals surface area (Å²) in [6.07, 6.45) is 1.76. The summed E-state index contributed by atoms with van der Waals surface area (Å²) in [6, 6.07) is 10.3. The Labute approximate surface area is 118 Å². The fraction of sp³-hybridized carbons (Fsp3) is 0.200. The van der Waals surface area contributed by atoms with Crippen molar-refractivity contribution in [3.05, 3.63) is 58.8 Å². The monoisotopic (exact) mass is 271 g/mol. The molecular formula is C15H17N3S. The number of thiocarbonyl (C=S) groups is 1. The van der Waals surface area contributed by atoms with Crippen molar-refractivity contribution in [2.75, 3.05) is 5.32 Å². The normalized spacial score (nSPS) is 10.2. The summed E-state index contributed by atoms with van der Waals surface area (Å²) in [7, 11) is 0. The largest absolute Gasteiger partial charge is 0.389 e. The van der Waals surface area contributed by atoms with Gasteiger partial charge < -0.3 is 11.1 Å². The summed E-state index contributed by atoms with van der Waals surface area (Å²) in [6.45, 7) is 4.76. The predicted molar refractivity (Wildman–Crippen MR) is 83.4 cm³/mol. The summed E-state index contributed by atoms with van der Waals surface area (Å²) in [5, 5.41) is 3.30. The van der Waals surface area contributed by atoms with Crippen molar-refractivity contribution < 1.29 is 0 Å². The Morgan fingerprint density at radius 3 is 2.79 bits per heavy atom. The third-order valence-corrected chi connectivity index (χ3v) is 3.15. The van der Waals surface area contributed by atoms with Gasteiger partial charge in [0.15, 0.2) is 0 Å². The lowest BCUT2D eigenvalue weighted by Crippen LogP contribution is -2.16. The number of anilines is 1. The quantitative estimate of drug-likeness (QED) is 0.839. The zero-order valence-corrected chi connectivity index (χ0v) is 11.9. The topological polar surface area (TPSA) is 50.9 Å². The van der Waals surface area contributed by atoms with Gasteiger partial charge in [0, 0.05) is 12.7 Å². The van der Waals surface area contributed by atoms with Crippen LogP contribution in [0.1, 0.15) is 22.3 Å². The van der Waals surface area contributed by atoms with Crippen LogP contribution < -0.4 is 11.1 Å². The molecule has 19 heavy (non-hydrogen) atoms. The van der Waals surface area contributed by atoms with E-state index in [1.165, 1.54) is 11.1 Å². The van der Waals surface area contributed by atoms with Gasteiger partial charge in [-0.1, -0.05) is 42.0 Å². The molecule has 2 rings (SSSR count). The van der Waals surface area contributed by atoms with Crippen LogP contribution in [0.15, 0.2) is 36.5 Å². The van der Waals surface area contributed by atoms with Crippen LogP contribution in [0.25, 0.3) is 0 Å². The Morgan fingerprint density at radius 2 is 2.11 bits per heavy atom. The van der Waals surface area contributed by atoms with E-state index in [9.17, 15) is 0 Å². The molecule has 0 bridgehead atoms. The first-order valence-electron chi connectivity index (χ1n) is 6.13. The summed E-state index contributed by atoms with van der Waals surface area (Å²) >= 11 is 5.09. The highest BCUT2D eigenvalue weighted by Crippen LogP contribution is 2.17. The first-order chi connectivity index (χ1) is 9.08. The van der Waals surface area contributed by atoms with Crippen LogP contribution in [-0.2, 0) is 6.54 Å². The zero-order valence-electron chi connectivity index (χ0n) is 11.1. The highest BCUT2D eigenvalue weighted by Gasteiger charge is 2.09. The van der Waals surface area contributed by atoms with E-state index >= 15 is 0 Å². The minimum atomic E-state index is 0.373. The number of aromatic nitrogens is 1. The molecule has 4 heteroatoms. The standard InChI is InChI=1S/C15H17N3S/c1-10-4-3-5-12(8-10)9-18-15-13(14(16)19)11(2)6-7-17-15/h3-8H,9H2,1-2H3,(H2,16,19)(H,17,18). The second kappa shape index (κ2) is 5.80. The van der Waals surface area contributed by atoms with E-state index in [1.807, 2.05) is 19.1 Å². The van der Waals surface area contributed by atoms with Crippen LogP contribution in [0.2, 0.25) is 0 Å². The average molecular weight is 271 g/mol. The Hall–Kier alpha value is -1.94. The molecule has 0 aliphatic carbocycles. The second-order valence-electron chi connectivity index (χ2n) is 4.56. The first kappa shape index (κ1) is 13.5. The molecule has 3 N–H and O–H groups in total. The predicted octanol–water partition coefficient (Wildman–Crippen LogP) is 2.94. The van der Waals surface area contributed by atoms with Crippen molar-refractivity contribution in [3.63, 3.8) is 0 Å². The number of benzene rings is 1. The van der Waals surface area contributed by atoms with Gasteiger partial charge in [-0.15, -0.1) is 0 Å². The summed E-state index contributed by atoms with van der Waals surface area (Å²) in [5.74, 6) is 0.744. The molecule has 98 valence electrons. The van der Waals surface area contributed by atoms with Crippen molar-refractivity contribution in [2.45, 2.75) is 20.4 Å². The van der Waals surface area contributed by atoms with Crippen LogP contribution in [-0.4, -0.2) is 9.97 Å². The van der Waals surface area contributed by atoms with E-state index in [0.29, 0.717) is 11.5 Å². The molecule has 0 saturated heterocycles. The molecule has 0 aliphatic rings. The Balaban J connectivity index is 2.20. The van der Waals surface area contributed by atoms with Crippen LogP contribution in [0.5, 0.6) is 0 Å². The highest BCUT2D eigenvalue weighted by molar-refractivity contribution is 7.80. The molecule has 2 aromatic rings. The number of hydrogen-bond donors (Lipinski definition) is 2. The molecule has 1 aromatic carbocycles. The Morgan fingerprint density at radius 1 is 1.32 bits per heavy atom. The van der Waals surface area contributed by atoms with Gasteiger partial charge in [-0.25, -0.2) is 4.98 Å². The lowest BCUT2D eigenvalue weighted by molar-refractivity contribution is 1.10. The maximum Gasteiger partial charge on any atom is 0.136 e. The molecule has 0 unspecified atom stereocenters. The third-order valence-electron chi connectivity index (χ3n) is 2.95. The molecular weight excluding hydrogens is 254 g/mol. The van der Waals surface area contributed by atoms with E-state index in [0.717, 1.165) is 16.9 Å². The number of nitrogens with two attached hydrogens (primary N) is 1. The molecule has 0 fully saturated rings. The zero-order chi connectivity index (χ0) is 13.8. The summed E-state index contributed by atoms with van der Waals surface area (Å²) in [5.41, 5.74) is 10.1. The van der Waals surface area contributed by atoms with Gasteiger partial charge in [-0.2, -0.15) is 0 Å². The molecule has 0 saturated carbocycles. The van der Waals surface area contributed by atoms with Gasteiger partial charge in [0.1, 0.15) is 10.8 Å². The Bertz CT molecular complexity index is 608. The summed E-state index contributed by atoms with van der Waals surface area (Å²) < 4.78 is 0. The minimum absolute atomic E-state index is 0.373. The minimum Gasteiger partial charge on any atom is -0.389 e. The maximum absolute atomic E-state index is 5.76. The highest BCUT2D eigenvalue weighted by atomic mass is 32.1. The van der Waals surface area contributed by atoms with Gasteiger partial charge in [0.25, 0.3) is 0 Å². The third kappa shape index (κ3) is 3.29. The lowest BCUT2D eigenvalue weighted by atomic mass is 10.1. The number of nitrogens with one attached hydrogen (secondary N) is 1. The van der Waals surface area contributed by atoms with E-state index in [2.05, 4.69) is 35.4 Å². The lowest BCUT2D eigenvalue weighted by Gasteiger charge is -2.12. The van der Waals surface area contributed by atoms with Crippen LogP contribution in [0.4, 0.5) is 5.82 Å². The van der Waals surface area contributed by atoms with Crippen molar-refractivity contribution in [2.24, 2.45) is 5.73 Å². The van der Waals surface area contributed by atoms with E-state index < -0.39 is 0 Å². The first-order valence-corrected chi connectivity index (χ1v) is 6.53. The van der Waals surface area contributed by atoms with Crippen molar-refractivity contribution in [1.29, 1.82) is 0 Å². The van der Waals surface area contributed by atoms with Crippen LogP contribution >= 0.6 is 12.2 Å². The molecule has 0 radical (unpaired) electrons. The number of nitrogens with zero attached hydrogens (tertiary/aromatic N) is 1. The number of pyridine rings is 1. The second-order valence-corrected chi connectivity index (χ2v) is 5.00. The molecule has 3 nitrogen and oxygen atoms in total. The average Bonchev–Trinajstić information content (AvgIpc) is 2.36. The number of rotatable bonds is 4. The SMILES string of the molecule is Cc1cccc(CNc2nccc(C)c2C(N)=S)c1. The maximum atomic E-state index is 5.76.